The van der Waals surface area contributed by atoms with Crippen LogP contribution in [0.1, 0.15) is 11.6 Å². The molecule has 76 valence electrons. The third-order valence-electron chi connectivity index (χ3n) is 2.38. The van der Waals surface area contributed by atoms with Gasteiger partial charge in [-0.15, -0.1) is 0 Å². The van der Waals surface area contributed by atoms with Gasteiger partial charge in [0.05, 0.1) is 0 Å². The van der Waals surface area contributed by atoms with Crippen LogP contribution in [0.15, 0.2) is 18.2 Å². The van der Waals surface area contributed by atoms with E-state index in [2.05, 4.69) is 10.6 Å². The lowest BCUT2D eigenvalue weighted by Gasteiger charge is -2.25. The standard InChI is InChI=1S/C10H12F2N2/c11-7-1-2-8(9(12)5-7)10-6-13-3-4-14-10/h1-2,5,10,13-14H,3-4,6H2/t10-/m1/s1. The molecule has 0 aromatic heterocycles. The first kappa shape index (κ1) is 9.55. The zero-order valence-electron chi connectivity index (χ0n) is 7.69. The zero-order chi connectivity index (χ0) is 9.97. The molecule has 0 amide bonds. The Bertz CT molecular complexity index is 322. The van der Waals surface area contributed by atoms with Crippen LogP contribution in [-0.4, -0.2) is 19.6 Å². The Morgan fingerprint density at radius 1 is 1.21 bits per heavy atom. The Morgan fingerprint density at radius 2 is 2.07 bits per heavy atom. The van der Waals surface area contributed by atoms with E-state index in [4.69, 9.17) is 0 Å². The van der Waals surface area contributed by atoms with E-state index in [9.17, 15) is 8.78 Å². The molecule has 0 radical (unpaired) electrons. The summed E-state index contributed by atoms with van der Waals surface area (Å²) in [5, 5.41) is 6.32. The van der Waals surface area contributed by atoms with Crippen molar-refractivity contribution in [3.8, 4) is 0 Å². The number of nitrogens with one attached hydrogen (secondary N) is 2. The number of benzene rings is 1. The highest BCUT2D eigenvalue weighted by Crippen LogP contribution is 2.18. The Balaban J connectivity index is 2.22. The van der Waals surface area contributed by atoms with Gasteiger partial charge in [0.25, 0.3) is 0 Å². The fraction of sp³-hybridized carbons (Fsp3) is 0.400. The second-order valence-electron chi connectivity index (χ2n) is 3.38. The predicted molar refractivity (Wildman–Crippen MR) is 50.0 cm³/mol. The molecule has 0 unspecified atom stereocenters. The van der Waals surface area contributed by atoms with Crippen LogP contribution < -0.4 is 10.6 Å². The van der Waals surface area contributed by atoms with Crippen LogP contribution >= 0.6 is 0 Å². The van der Waals surface area contributed by atoms with Crippen LogP contribution in [0, 0.1) is 11.6 Å². The summed E-state index contributed by atoms with van der Waals surface area (Å²) >= 11 is 0. The molecule has 0 bridgehead atoms. The van der Waals surface area contributed by atoms with Crippen LogP contribution in [-0.2, 0) is 0 Å². The van der Waals surface area contributed by atoms with Gasteiger partial charge in [-0.25, -0.2) is 8.78 Å². The molecule has 1 aliphatic heterocycles. The van der Waals surface area contributed by atoms with Gasteiger partial charge in [0.15, 0.2) is 0 Å². The normalized spacial score (nSPS) is 22.3. The predicted octanol–water partition coefficient (Wildman–Crippen LogP) is 1.20. The molecule has 1 atom stereocenters. The molecular weight excluding hydrogens is 186 g/mol. The van der Waals surface area contributed by atoms with Crippen LogP contribution in [0.2, 0.25) is 0 Å². The van der Waals surface area contributed by atoms with Crippen molar-refractivity contribution in [2.45, 2.75) is 6.04 Å². The van der Waals surface area contributed by atoms with Gasteiger partial charge in [-0.3, -0.25) is 0 Å². The van der Waals surface area contributed by atoms with E-state index in [0.29, 0.717) is 12.1 Å². The molecule has 2 N–H and O–H groups in total. The molecule has 14 heavy (non-hydrogen) atoms. The van der Waals surface area contributed by atoms with Crippen molar-refractivity contribution in [2.24, 2.45) is 0 Å². The van der Waals surface area contributed by atoms with Gasteiger partial charge in [-0.1, -0.05) is 6.07 Å². The minimum Gasteiger partial charge on any atom is -0.314 e. The molecule has 1 aromatic rings. The lowest BCUT2D eigenvalue weighted by molar-refractivity contribution is 0.415. The minimum absolute atomic E-state index is 0.0515. The summed E-state index contributed by atoms with van der Waals surface area (Å²) in [4.78, 5) is 0. The highest BCUT2D eigenvalue weighted by molar-refractivity contribution is 5.22. The van der Waals surface area contributed by atoms with Crippen molar-refractivity contribution in [3.05, 3.63) is 35.4 Å². The Labute approximate surface area is 81.3 Å². The van der Waals surface area contributed by atoms with Crippen LogP contribution in [0.3, 0.4) is 0 Å². The van der Waals surface area contributed by atoms with Gasteiger partial charge in [-0.2, -0.15) is 0 Å². The maximum absolute atomic E-state index is 13.3. The van der Waals surface area contributed by atoms with Crippen LogP contribution in [0.5, 0.6) is 0 Å². The van der Waals surface area contributed by atoms with Crippen LogP contribution in [0.4, 0.5) is 8.78 Å². The monoisotopic (exact) mass is 198 g/mol. The lowest BCUT2D eigenvalue weighted by Crippen LogP contribution is -2.42. The van der Waals surface area contributed by atoms with Gasteiger partial charge in [0.2, 0.25) is 0 Å². The average molecular weight is 198 g/mol. The van der Waals surface area contributed by atoms with Gasteiger partial charge in [0.1, 0.15) is 11.6 Å². The van der Waals surface area contributed by atoms with Crippen molar-refractivity contribution in [2.75, 3.05) is 19.6 Å². The molecule has 0 aliphatic carbocycles. The lowest BCUT2D eigenvalue weighted by atomic mass is 10.0. The Kier molecular flexibility index (Phi) is 2.74. The molecule has 1 fully saturated rings. The number of halogens is 2. The summed E-state index contributed by atoms with van der Waals surface area (Å²) in [5.41, 5.74) is 0.526. The first-order valence-corrected chi connectivity index (χ1v) is 4.66. The summed E-state index contributed by atoms with van der Waals surface area (Å²) in [7, 11) is 0. The van der Waals surface area contributed by atoms with Gasteiger partial charge < -0.3 is 10.6 Å². The number of rotatable bonds is 1. The van der Waals surface area contributed by atoms with Gasteiger partial charge in [-0.05, 0) is 6.07 Å². The molecule has 4 heteroatoms. The summed E-state index contributed by atoms with van der Waals surface area (Å²) in [6, 6.07) is 3.65. The molecular formula is C10H12F2N2. The second-order valence-corrected chi connectivity index (χ2v) is 3.38. The third kappa shape index (κ3) is 1.91. The van der Waals surface area contributed by atoms with E-state index in [1.54, 1.807) is 0 Å². The maximum Gasteiger partial charge on any atom is 0.130 e. The van der Waals surface area contributed by atoms with E-state index in [-0.39, 0.29) is 6.04 Å². The van der Waals surface area contributed by atoms with Crippen molar-refractivity contribution in [3.63, 3.8) is 0 Å². The third-order valence-corrected chi connectivity index (χ3v) is 2.38. The highest BCUT2D eigenvalue weighted by atomic mass is 19.1. The molecule has 1 aromatic carbocycles. The largest absolute Gasteiger partial charge is 0.314 e. The number of hydrogen-bond acceptors (Lipinski definition) is 2. The highest BCUT2D eigenvalue weighted by Gasteiger charge is 2.17. The fourth-order valence-electron chi connectivity index (χ4n) is 1.66. The molecule has 0 spiro atoms. The zero-order valence-corrected chi connectivity index (χ0v) is 7.69. The van der Waals surface area contributed by atoms with Crippen molar-refractivity contribution < 1.29 is 8.78 Å². The quantitative estimate of drug-likeness (QED) is 0.708. The van der Waals surface area contributed by atoms with E-state index >= 15 is 0 Å². The summed E-state index contributed by atoms with van der Waals surface area (Å²) in [6.07, 6.45) is 0. The molecule has 0 saturated carbocycles. The minimum atomic E-state index is -0.532. The summed E-state index contributed by atoms with van der Waals surface area (Å²) in [6.45, 7) is 2.38. The van der Waals surface area contributed by atoms with E-state index in [0.717, 1.165) is 19.2 Å². The van der Waals surface area contributed by atoms with E-state index in [1.165, 1.54) is 12.1 Å². The van der Waals surface area contributed by atoms with Crippen molar-refractivity contribution in [1.82, 2.24) is 10.6 Å². The van der Waals surface area contributed by atoms with Crippen molar-refractivity contribution in [1.29, 1.82) is 0 Å². The number of hydrogen-bond donors (Lipinski definition) is 2. The molecule has 1 heterocycles. The Morgan fingerprint density at radius 3 is 2.71 bits per heavy atom. The van der Waals surface area contributed by atoms with Gasteiger partial charge >= 0.3 is 0 Å². The SMILES string of the molecule is Fc1ccc([C@H]2CNCCN2)c(F)c1. The first-order valence-electron chi connectivity index (χ1n) is 4.66. The van der Waals surface area contributed by atoms with Crippen molar-refractivity contribution >= 4 is 0 Å². The number of piperazine rings is 1. The molecule has 2 rings (SSSR count). The smallest absolute Gasteiger partial charge is 0.130 e. The topological polar surface area (TPSA) is 24.1 Å². The van der Waals surface area contributed by atoms with Gasteiger partial charge in [0, 0.05) is 37.3 Å². The first-order chi connectivity index (χ1) is 6.77. The average Bonchev–Trinajstić information content (AvgIpc) is 2.19. The van der Waals surface area contributed by atoms with E-state index in [1.807, 2.05) is 0 Å². The van der Waals surface area contributed by atoms with Crippen LogP contribution in [0.25, 0.3) is 0 Å². The summed E-state index contributed by atoms with van der Waals surface area (Å²) in [5.74, 6) is -1.01. The van der Waals surface area contributed by atoms with E-state index < -0.39 is 11.6 Å². The molecule has 2 nitrogen and oxygen atoms in total. The fourth-order valence-corrected chi connectivity index (χ4v) is 1.66. The second kappa shape index (κ2) is 4.02. The molecule has 1 aliphatic rings. The molecule has 1 saturated heterocycles. The summed E-state index contributed by atoms with van der Waals surface area (Å²) < 4.78 is 26.0. The maximum atomic E-state index is 13.3. The Hall–Kier alpha value is -1.00.